The molecular formula is C18H19NO. The molecule has 2 aromatic carbocycles. The van der Waals surface area contributed by atoms with Gasteiger partial charge in [-0.3, -0.25) is 4.79 Å². The van der Waals surface area contributed by atoms with Crippen LogP contribution in [0, 0.1) is 5.92 Å². The standard InChI is InChI=1S/C18H19NO/c1-2-9-16-17(14-10-5-3-6-11-14)19(18(16)20)15-12-7-4-8-13-15/h3-8,10-13,16-17H,2,9H2,1H3/t16-,17-/m0/s1. The number of β-lactam (4-membered cyclic amide) rings is 1. The van der Waals surface area contributed by atoms with E-state index >= 15 is 0 Å². The van der Waals surface area contributed by atoms with Crippen LogP contribution in [0.3, 0.4) is 0 Å². The summed E-state index contributed by atoms with van der Waals surface area (Å²) in [5, 5.41) is 0. The van der Waals surface area contributed by atoms with E-state index < -0.39 is 0 Å². The van der Waals surface area contributed by atoms with Crippen molar-refractivity contribution >= 4 is 11.6 Å². The highest BCUT2D eigenvalue weighted by Crippen LogP contribution is 2.45. The number of carbonyl (C=O) groups is 1. The van der Waals surface area contributed by atoms with Crippen molar-refractivity contribution in [3.8, 4) is 0 Å². The van der Waals surface area contributed by atoms with Crippen molar-refractivity contribution in [2.45, 2.75) is 25.8 Å². The summed E-state index contributed by atoms with van der Waals surface area (Å²) >= 11 is 0. The summed E-state index contributed by atoms with van der Waals surface area (Å²) in [7, 11) is 0. The molecule has 2 atom stereocenters. The Hall–Kier alpha value is -2.09. The molecule has 2 heteroatoms. The third kappa shape index (κ3) is 2.11. The van der Waals surface area contributed by atoms with Gasteiger partial charge in [-0.2, -0.15) is 0 Å². The van der Waals surface area contributed by atoms with E-state index in [1.807, 2.05) is 53.4 Å². The maximum absolute atomic E-state index is 12.5. The van der Waals surface area contributed by atoms with Gasteiger partial charge in [0.15, 0.2) is 0 Å². The minimum atomic E-state index is 0.127. The van der Waals surface area contributed by atoms with Gasteiger partial charge in [-0.1, -0.05) is 61.9 Å². The molecular weight excluding hydrogens is 246 g/mol. The zero-order valence-corrected chi connectivity index (χ0v) is 11.7. The van der Waals surface area contributed by atoms with Gasteiger partial charge in [0.25, 0.3) is 0 Å². The SMILES string of the molecule is CCC[C@@H]1C(=O)N(c2ccccc2)[C@H]1c1ccccc1. The molecule has 1 saturated heterocycles. The van der Waals surface area contributed by atoms with Crippen LogP contribution in [-0.2, 0) is 4.79 Å². The normalized spacial score (nSPS) is 21.6. The highest BCUT2D eigenvalue weighted by molar-refractivity contribution is 6.03. The van der Waals surface area contributed by atoms with Crippen LogP contribution < -0.4 is 4.90 Å². The Morgan fingerprint density at radius 1 is 0.950 bits per heavy atom. The highest BCUT2D eigenvalue weighted by Gasteiger charge is 2.47. The minimum absolute atomic E-state index is 0.127. The molecule has 1 aliphatic rings. The van der Waals surface area contributed by atoms with Gasteiger partial charge >= 0.3 is 0 Å². The Morgan fingerprint density at radius 3 is 2.15 bits per heavy atom. The second kappa shape index (κ2) is 5.49. The minimum Gasteiger partial charge on any atom is -0.304 e. The molecule has 0 aromatic heterocycles. The predicted octanol–water partition coefficient (Wildman–Crippen LogP) is 4.19. The fourth-order valence-electron chi connectivity index (χ4n) is 3.05. The molecule has 0 saturated carbocycles. The second-order valence-corrected chi connectivity index (χ2v) is 5.29. The summed E-state index contributed by atoms with van der Waals surface area (Å²) in [4.78, 5) is 14.4. The lowest BCUT2D eigenvalue weighted by molar-refractivity contribution is -0.130. The number of para-hydroxylation sites is 1. The predicted molar refractivity (Wildman–Crippen MR) is 81.5 cm³/mol. The van der Waals surface area contributed by atoms with Crippen molar-refractivity contribution in [1.29, 1.82) is 0 Å². The number of nitrogens with zero attached hydrogens (tertiary/aromatic N) is 1. The average Bonchev–Trinajstić information content (AvgIpc) is 2.51. The van der Waals surface area contributed by atoms with Gasteiger partial charge < -0.3 is 4.90 Å². The number of hydrogen-bond donors (Lipinski definition) is 0. The fraction of sp³-hybridized carbons (Fsp3) is 0.278. The zero-order chi connectivity index (χ0) is 13.9. The molecule has 2 nitrogen and oxygen atoms in total. The summed E-state index contributed by atoms with van der Waals surface area (Å²) < 4.78 is 0. The van der Waals surface area contributed by atoms with Crippen LogP contribution in [0.2, 0.25) is 0 Å². The first kappa shape index (κ1) is 12.9. The van der Waals surface area contributed by atoms with Crippen LogP contribution in [0.4, 0.5) is 5.69 Å². The molecule has 0 spiro atoms. The largest absolute Gasteiger partial charge is 0.304 e. The molecule has 1 heterocycles. The fourth-order valence-corrected chi connectivity index (χ4v) is 3.05. The topological polar surface area (TPSA) is 20.3 Å². The van der Waals surface area contributed by atoms with Gasteiger partial charge in [0.05, 0.1) is 12.0 Å². The Balaban J connectivity index is 1.95. The lowest BCUT2D eigenvalue weighted by atomic mass is 9.79. The van der Waals surface area contributed by atoms with Crippen molar-refractivity contribution in [2.75, 3.05) is 4.90 Å². The van der Waals surface area contributed by atoms with E-state index in [1.165, 1.54) is 5.56 Å². The van der Waals surface area contributed by atoms with Crippen molar-refractivity contribution < 1.29 is 4.79 Å². The van der Waals surface area contributed by atoms with Gasteiger partial charge in [0, 0.05) is 5.69 Å². The van der Waals surface area contributed by atoms with E-state index in [0.29, 0.717) is 0 Å². The molecule has 0 bridgehead atoms. The first-order chi connectivity index (χ1) is 9.83. The molecule has 102 valence electrons. The van der Waals surface area contributed by atoms with Crippen molar-refractivity contribution in [2.24, 2.45) is 5.92 Å². The molecule has 1 aliphatic heterocycles. The summed E-state index contributed by atoms with van der Waals surface area (Å²) in [6.45, 7) is 2.14. The number of benzene rings is 2. The maximum atomic E-state index is 12.5. The summed E-state index contributed by atoms with van der Waals surface area (Å²) in [6.07, 6.45) is 2.00. The van der Waals surface area contributed by atoms with Crippen LogP contribution in [0.5, 0.6) is 0 Å². The zero-order valence-electron chi connectivity index (χ0n) is 11.7. The number of hydrogen-bond acceptors (Lipinski definition) is 1. The van der Waals surface area contributed by atoms with Gasteiger partial charge in [0.1, 0.15) is 0 Å². The van der Waals surface area contributed by atoms with E-state index in [2.05, 4.69) is 19.1 Å². The number of amides is 1. The highest BCUT2D eigenvalue weighted by atomic mass is 16.2. The van der Waals surface area contributed by atoms with Crippen LogP contribution >= 0.6 is 0 Å². The Morgan fingerprint density at radius 2 is 1.55 bits per heavy atom. The molecule has 3 rings (SSSR count). The number of rotatable bonds is 4. The summed E-state index contributed by atoms with van der Waals surface area (Å²) in [5.74, 6) is 0.384. The van der Waals surface area contributed by atoms with Crippen LogP contribution in [0.25, 0.3) is 0 Å². The maximum Gasteiger partial charge on any atom is 0.233 e. The molecule has 1 amide bonds. The van der Waals surface area contributed by atoms with Crippen LogP contribution in [0.1, 0.15) is 31.4 Å². The van der Waals surface area contributed by atoms with Gasteiger partial charge in [0.2, 0.25) is 5.91 Å². The van der Waals surface area contributed by atoms with Crippen LogP contribution in [0.15, 0.2) is 60.7 Å². The summed E-state index contributed by atoms with van der Waals surface area (Å²) in [6, 6.07) is 20.5. The first-order valence-electron chi connectivity index (χ1n) is 7.26. The molecule has 0 N–H and O–H groups in total. The van der Waals surface area contributed by atoms with E-state index in [9.17, 15) is 4.79 Å². The Bertz CT molecular complexity index is 579. The van der Waals surface area contributed by atoms with E-state index in [-0.39, 0.29) is 17.9 Å². The Labute approximate surface area is 120 Å². The number of carbonyl (C=O) groups excluding carboxylic acids is 1. The van der Waals surface area contributed by atoms with Gasteiger partial charge in [-0.15, -0.1) is 0 Å². The molecule has 0 aliphatic carbocycles. The molecule has 1 fully saturated rings. The molecule has 20 heavy (non-hydrogen) atoms. The second-order valence-electron chi connectivity index (χ2n) is 5.29. The van der Waals surface area contributed by atoms with Gasteiger partial charge in [-0.05, 0) is 24.1 Å². The van der Waals surface area contributed by atoms with E-state index in [1.54, 1.807) is 0 Å². The Kier molecular flexibility index (Phi) is 3.55. The monoisotopic (exact) mass is 265 g/mol. The lowest BCUT2D eigenvalue weighted by Crippen LogP contribution is -2.55. The van der Waals surface area contributed by atoms with E-state index in [0.717, 1.165) is 18.5 Å². The molecule has 0 unspecified atom stereocenters. The number of anilines is 1. The summed E-state index contributed by atoms with van der Waals surface area (Å²) in [5.41, 5.74) is 2.23. The van der Waals surface area contributed by atoms with Gasteiger partial charge in [-0.25, -0.2) is 0 Å². The lowest BCUT2D eigenvalue weighted by Gasteiger charge is -2.47. The van der Waals surface area contributed by atoms with E-state index in [4.69, 9.17) is 0 Å². The average molecular weight is 265 g/mol. The van der Waals surface area contributed by atoms with Crippen molar-refractivity contribution in [3.63, 3.8) is 0 Å². The third-order valence-electron chi connectivity index (χ3n) is 3.99. The third-order valence-corrected chi connectivity index (χ3v) is 3.99. The molecule has 2 aromatic rings. The first-order valence-corrected chi connectivity index (χ1v) is 7.26. The van der Waals surface area contributed by atoms with Crippen molar-refractivity contribution in [3.05, 3.63) is 66.2 Å². The quantitative estimate of drug-likeness (QED) is 0.759. The smallest absolute Gasteiger partial charge is 0.233 e. The van der Waals surface area contributed by atoms with Crippen molar-refractivity contribution in [1.82, 2.24) is 0 Å². The van der Waals surface area contributed by atoms with Crippen LogP contribution in [-0.4, -0.2) is 5.91 Å². The molecule has 0 radical (unpaired) electrons.